The van der Waals surface area contributed by atoms with Crippen LogP contribution in [0, 0.1) is 0 Å². The van der Waals surface area contributed by atoms with Crippen molar-refractivity contribution in [3.63, 3.8) is 0 Å². The highest BCUT2D eigenvalue weighted by atomic mass is 32.2. The summed E-state index contributed by atoms with van der Waals surface area (Å²) in [7, 11) is 0. The monoisotopic (exact) mass is 390 g/mol. The van der Waals surface area contributed by atoms with Crippen LogP contribution >= 0.6 is 23.1 Å². The predicted molar refractivity (Wildman–Crippen MR) is 101 cm³/mol. The molecule has 0 bridgehead atoms. The van der Waals surface area contributed by atoms with Gasteiger partial charge in [-0.2, -0.15) is 0 Å². The maximum Gasteiger partial charge on any atom is 0.276 e. The lowest BCUT2D eigenvalue weighted by atomic mass is 10.1. The second-order valence-corrected chi connectivity index (χ2v) is 7.35. The molecule has 3 aromatic rings. The van der Waals surface area contributed by atoms with Crippen molar-refractivity contribution in [1.82, 2.24) is 10.2 Å². The lowest BCUT2D eigenvalue weighted by molar-refractivity contribution is 0.0987. The smallest absolute Gasteiger partial charge is 0.276 e. The minimum atomic E-state index is -0.686. The van der Waals surface area contributed by atoms with E-state index in [0.717, 1.165) is 4.88 Å². The van der Waals surface area contributed by atoms with Crippen molar-refractivity contribution in [2.45, 2.75) is 24.7 Å². The number of aliphatic hydroxyl groups is 1. The standard InChI is InChI=1S/C18H18N2O4S2/c1-2-15(22)12-5-7-14(8-6-12)23-10-13(21)11-26-18-20-19-17(24-18)16-4-3-9-25-16/h3-9,13,21H,2,10-11H2,1H3. The highest BCUT2D eigenvalue weighted by Crippen LogP contribution is 2.26. The zero-order chi connectivity index (χ0) is 18.4. The third-order valence-electron chi connectivity index (χ3n) is 3.48. The highest BCUT2D eigenvalue weighted by Gasteiger charge is 2.13. The number of aliphatic hydroxyl groups excluding tert-OH is 1. The van der Waals surface area contributed by atoms with Gasteiger partial charge in [0.2, 0.25) is 0 Å². The summed E-state index contributed by atoms with van der Waals surface area (Å²) in [6.45, 7) is 1.97. The van der Waals surface area contributed by atoms with Gasteiger partial charge in [-0.25, -0.2) is 0 Å². The van der Waals surface area contributed by atoms with E-state index < -0.39 is 6.10 Å². The molecule has 8 heteroatoms. The van der Waals surface area contributed by atoms with Gasteiger partial charge in [-0.3, -0.25) is 4.79 Å². The van der Waals surface area contributed by atoms with Crippen LogP contribution in [-0.2, 0) is 0 Å². The fourth-order valence-corrected chi connectivity index (χ4v) is 3.43. The van der Waals surface area contributed by atoms with Gasteiger partial charge >= 0.3 is 0 Å². The van der Waals surface area contributed by atoms with Gasteiger partial charge in [0, 0.05) is 17.7 Å². The van der Waals surface area contributed by atoms with Crippen LogP contribution in [0.3, 0.4) is 0 Å². The number of aromatic nitrogens is 2. The number of carbonyl (C=O) groups excluding carboxylic acids is 1. The molecule has 0 amide bonds. The SMILES string of the molecule is CCC(=O)c1ccc(OCC(O)CSc2nnc(-c3cccs3)o2)cc1. The molecule has 2 aromatic heterocycles. The Balaban J connectivity index is 1.44. The van der Waals surface area contributed by atoms with Crippen LogP contribution < -0.4 is 4.74 Å². The van der Waals surface area contributed by atoms with E-state index >= 15 is 0 Å². The van der Waals surface area contributed by atoms with Gasteiger partial charge in [0.25, 0.3) is 11.1 Å². The number of nitrogens with zero attached hydrogens (tertiary/aromatic N) is 2. The van der Waals surface area contributed by atoms with Crippen molar-refractivity contribution in [3.05, 3.63) is 47.3 Å². The Morgan fingerprint density at radius 2 is 2.12 bits per heavy atom. The van der Waals surface area contributed by atoms with Crippen LogP contribution in [0.4, 0.5) is 0 Å². The molecule has 0 saturated carbocycles. The van der Waals surface area contributed by atoms with Gasteiger partial charge < -0.3 is 14.3 Å². The third-order valence-corrected chi connectivity index (χ3v) is 5.30. The first-order chi connectivity index (χ1) is 12.7. The van der Waals surface area contributed by atoms with Crippen molar-refractivity contribution in [2.75, 3.05) is 12.4 Å². The first kappa shape index (κ1) is 18.6. The van der Waals surface area contributed by atoms with Gasteiger partial charge in [-0.1, -0.05) is 24.8 Å². The number of Topliss-reactive ketones (excluding diaryl/α,β-unsaturated/α-hetero) is 1. The summed E-state index contributed by atoms with van der Waals surface area (Å²) in [4.78, 5) is 12.5. The molecule has 2 heterocycles. The maximum absolute atomic E-state index is 11.6. The quantitative estimate of drug-likeness (QED) is 0.438. The lowest BCUT2D eigenvalue weighted by Crippen LogP contribution is -2.20. The van der Waals surface area contributed by atoms with Crippen molar-refractivity contribution in [3.8, 4) is 16.5 Å². The number of hydrogen-bond acceptors (Lipinski definition) is 8. The van der Waals surface area contributed by atoms with Crippen LogP contribution in [0.1, 0.15) is 23.7 Å². The predicted octanol–water partition coefficient (Wildman–Crippen LogP) is 3.92. The molecular weight excluding hydrogens is 372 g/mol. The van der Waals surface area contributed by atoms with E-state index in [1.807, 2.05) is 24.4 Å². The van der Waals surface area contributed by atoms with Gasteiger partial charge in [-0.05, 0) is 35.7 Å². The second kappa shape index (κ2) is 8.98. The fraction of sp³-hybridized carbons (Fsp3) is 0.278. The van der Waals surface area contributed by atoms with Crippen molar-refractivity contribution < 1.29 is 19.1 Å². The normalized spacial score (nSPS) is 12.1. The molecule has 26 heavy (non-hydrogen) atoms. The molecule has 1 N–H and O–H groups in total. The molecule has 136 valence electrons. The number of thioether (sulfide) groups is 1. The van der Waals surface area contributed by atoms with Crippen LogP contribution in [-0.4, -0.2) is 39.6 Å². The Hall–Kier alpha value is -2.16. The van der Waals surface area contributed by atoms with Gasteiger partial charge in [0.05, 0.1) is 11.0 Å². The van der Waals surface area contributed by atoms with E-state index in [4.69, 9.17) is 9.15 Å². The van der Waals surface area contributed by atoms with Crippen LogP contribution in [0.15, 0.2) is 51.4 Å². The third kappa shape index (κ3) is 4.94. The van der Waals surface area contributed by atoms with Crippen molar-refractivity contribution in [1.29, 1.82) is 0 Å². The molecule has 1 atom stereocenters. The molecule has 0 saturated heterocycles. The van der Waals surface area contributed by atoms with Gasteiger partial charge in [0.15, 0.2) is 5.78 Å². The number of ether oxygens (including phenoxy) is 1. The number of carbonyl (C=O) groups is 1. The highest BCUT2D eigenvalue weighted by molar-refractivity contribution is 7.99. The largest absolute Gasteiger partial charge is 0.491 e. The average Bonchev–Trinajstić information content (AvgIpc) is 3.36. The number of rotatable bonds is 9. The molecule has 0 spiro atoms. The summed E-state index contributed by atoms with van der Waals surface area (Å²) in [5.74, 6) is 1.56. The summed E-state index contributed by atoms with van der Waals surface area (Å²) < 4.78 is 11.1. The molecule has 0 radical (unpaired) electrons. The summed E-state index contributed by atoms with van der Waals surface area (Å²) in [5, 5.41) is 20.4. The number of ketones is 1. The second-order valence-electron chi connectivity index (χ2n) is 5.43. The Morgan fingerprint density at radius 1 is 1.31 bits per heavy atom. The minimum absolute atomic E-state index is 0.0921. The number of thiophene rings is 1. The summed E-state index contributed by atoms with van der Waals surface area (Å²) in [6, 6.07) is 10.7. The lowest BCUT2D eigenvalue weighted by Gasteiger charge is -2.11. The summed E-state index contributed by atoms with van der Waals surface area (Å²) in [5.41, 5.74) is 0.661. The van der Waals surface area contributed by atoms with Gasteiger partial charge in [0.1, 0.15) is 12.4 Å². The Kier molecular flexibility index (Phi) is 6.43. The Bertz CT molecular complexity index is 831. The first-order valence-corrected chi connectivity index (χ1v) is 9.96. The van der Waals surface area contributed by atoms with Gasteiger partial charge in [-0.15, -0.1) is 21.5 Å². The molecule has 3 rings (SSSR count). The zero-order valence-corrected chi connectivity index (χ0v) is 15.8. The zero-order valence-electron chi connectivity index (χ0n) is 14.1. The molecule has 0 aliphatic rings. The molecule has 0 aliphatic carbocycles. The van der Waals surface area contributed by atoms with E-state index in [0.29, 0.717) is 34.6 Å². The molecule has 1 aromatic carbocycles. The van der Waals surface area contributed by atoms with E-state index in [1.165, 1.54) is 23.1 Å². The molecule has 0 aliphatic heterocycles. The number of hydrogen-bond donors (Lipinski definition) is 1. The van der Waals surface area contributed by atoms with E-state index in [1.54, 1.807) is 24.3 Å². The molecule has 1 unspecified atom stereocenters. The van der Waals surface area contributed by atoms with Crippen LogP contribution in [0.5, 0.6) is 5.75 Å². The number of benzene rings is 1. The molecule has 0 fully saturated rings. The molecule has 6 nitrogen and oxygen atoms in total. The van der Waals surface area contributed by atoms with Crippen LogP contribution in [0.25, 0.3) is 10.8 Å². The first-order valence-electron chi connectivity index (χ1n) is 8.10. The van der Waals surface area contributed by atoms with E-state index in [-0.39, 0.29) is 12.4 Å². The van der Waals surface area contributed by atoms with Crippen LogP contribution in [0.2, 0.25) is 0 Å². The maximum atomic E-state index is 11.6. The molecular formula is C18H18N2O4S2. The Labute approximate surface area is 159 Å². The Morgan fingerprint density at radius 3 is 2.81 bits per heavy atom. The van der Waals surface area contributed by atoms with E-state index in [2.05, 4.69) is 10.2 Å². The topological polar surface area (TPSA) is 85.5 Å². The summed E-state index contributed by atoms with van der Waals surface area (Å²) in [6.07, 6.45) is -0.214. The van der Waals surface area contributed by atoms with Crippen molar-refractivity contribution >= 4 is 28.9 Å². The fourth-order valence-electron chi connectivity index (χ4n) is 2.12. The minimum Gasteiger partial charge on any atom is -0.491 e. The average molecular weight is 390 g/mol. The summed E-state index contributed by atoms with van der Waals surface area (Å²) >= 11 is 2.81. The van der Waals surface area contributed by atoms with E-state index in [9.17, 15) is 9.90 Å². The van der Waals surface area contributed by atoms with Crippen molar-refractivity contribution in [2.24, 2.45) is 0 Å².